The van der Waals surface area contributed by atoms with Crippen LogP contribution in [0.2, 0.25) is 0 Å². The summed E-state index contributed by atoms with van der Waals surface area (Å²) < 4.78 is 5.50. The smallest absolute Gasteiger partial charge is 0.137 e. The van der Waals surface area contributed by atoms with Gasteiger partial charge in [-0.15, -0.1) is 0 Å². The number of pyridine rings is 1. The summed E-state index contributed by atoms with van der Waals surface area (Å²) >= 11 is 0. The van der Waals surface area contributed by atoms with Crippen LogP contribution in [0.15, 0.2) is 30.7 Å². The van der Waals surface area contributed by atoms with Gasteiger partial charge in [0.15, 0.2) is 0 Å². The van der Waals surface area contributed by atoms with E-state index in [-0.39, 0.29) is 0 Å². The molecule has 0 fully saturated rings. The molecule has 5 nitrogen and oxygen atoms in total. The topological polar surface area (TPSA) is 68.1 Å². The summed E-state index contributed by atoms with van der Waals surface area (Å²) in [4.78, 5) is 12.3. The Kier molecular flexibility index (Phi) is 4.41. The second-order valence-corrected chi connectivity index (χ2v) is 4.23. The van der Waals surface area contributed by atoms with Gasteiger partial charge >= 0.3 is 0 Å². The van der Waals surface area contributed by atoms with Gasteiger partial charge in [-0.3, -0.25) is 4.98 Å². The van der Waals surface area contributed by atoms with Crippen molar-refractivity contribution >= 4 is 0 Å². The van der Waals surface area contributed by atoms with Crippen LogP contribution >= 0.6 is 0 Å². The number of rotatable bonds is 5. The third-order valence-electron chi connectivity index (χ3n) is 2.60. The molecule has 100 valence electrons. The molecule has 0 saturated heterocycles. The maximum atomic E-state index is 10.3. The highest BCUT2D eigenvalue weighted by Gasteiger charge is 2.13. The molecule has 5 heteroatoms. The highest BCUT2D eigenvalue weighted by Crippen LogP contribution is 2.22. The van der Waals surface area contributed by atoms with E-state index >= 15 is 0 Å². The predicted octanol–water partition coefficient (Wildman–Crippen LogP) is 2.05. The number of aliphatic hydroxyl groups is 1. The molecule has 0 saturated carbocycles. The highest BCUT2D eigenvalue weighted by atomic mass is 16.5. The molecule has 0 aliphatic rings. The van der Waals surface area contributed by atoms with Crippen LogP contribution in [-0.2, 0) is 0 Å². The summed E-state index contributed by atoms with van der Waals surface area (Å²) in [6.07, 6.45) is 4.99. The second kappa shape index (κ2) is 6.24. The molecular formula is C14H17N3O2. The van der Waals surface area contributed by atoms with Crippen LogP contribution < -0.4 is 4.74 Å². The van der Waals surface area contributed by atoms with Crippen LogP contribution in [0.25, 0.3) is 0 Å². The Morgan fingerprint density at radius 1 is 1.37 bits per heavy atom. The summed E-state index contributed by atoms with van der Waals surface area (Å²) in [5, 5.41) is 10.3. The molecule has 19 heavy (non-hydrogen) atoms. The lowest BCUT2D eigenvalue weighted by Gasteiger charge is -2.12. The third-order valence-corrected chi connectivity index (χ3v) is 2.60. The molecule has 0 radical (unpaired) electrons. The molecule has 0 bridgehead atoms. The average Bonchev–Trinajstić information content (AvgIpc) is 2.44. The summed E-state index contributed by atoms with van der Waals surface area (Å²) in [5.74, 6) is 1.28. The number of aromatic nitrogens is 3. The lowest BCUT2D eigenvalue weighted by Crippen LogP contribution is -2.05. The van der Waals surface area contributed by atoms with Crippen LogP contribution in [0, 0.1) is 6.92 Å². The van der Waals surface area contributed by atoms with E-state index in [4.69, 9.17) is 4.74 Å². The van der Waals surface area contributed by atoms with Crippen LogP contribution in [0.3, 0.4) is 0 Å². The second-order valence-electron chi connectivity index (χ2n) is 4.23. The fourth-order valence-corrected chi connectivity index (χ4v) is 1.68. The standard InChI is InChI=1S/C14H17N3O2/c1-3-6-19-12-7-11(8-15-9-12)14(18)13-4-5-16-10(2)17-13/h4-5,7-9,14,18H,3,6H2,1-2H3. The van der Waals surface area contributed by atoms with Gasteiger partial charge in [0.1, 0.15) is 17.7 Å². The molecule has 0 aromatic carbocycles. The van der Waals surface area contributed by atoms with Gasteiger partial charge in [-0.2, -0.15) is 0 Å². The van der Waals surface area contributed by atoms with Crippen molar-refractivity contribution in [1.29, 1.82) is 0 Å². The third kappa shape index (κ3) is 3.48. The van der Waals surface area contributed by atoms with E-state index in [0.29, 0.717) is 29.4 Å². The Morgan fingerprint density at radius 3 is 2.95 bits per heavy atom. The molecule has 0 aliphatic carbocycles. The van der Waals surface area contributed by atoms with Gasteiger partial charge in [0.05, 0.1) is 18.5 Å². The summed E-state index contributed by atoms with van der Waals surface area (Å²) in [7, 11) is 0. The van der Waals surface area contributed by atoms with Gasteiger partial charge in [0, 0.05) is 18.0 Å². The van der Waals surface area contributed by atoms with Gasteiger partial charge in [-0.05, 0) is 25.5 Å². The minimum atomic E-state index is -0.820. The van der Waals surface area contributed by atoms with Gasteiger partial charge in [-0.25, -0.2) is 9.97 Å². The monoisotopic (exact) mass is 259 g/mol. The van der Waals surface area contributed by atoms with Crippen LogP contribution in [0.4, 0.5) is 0 Å². The van der Waals surface area contributed by atoms with E-state index in [0.717, 1.165) is 6.42 Å². The van der Waals surface area contributed by atoms with Crippen molar-refractivity contribution in [1.82, 2.24) is 15.0 Å². The maximum Gasteiger partial charge on any atom is 0.137 e. The van der Waals surface area contributed by atoms with E-state index < -0.39 is 6.10 Å². The number of hydrogen-bond acceptors (Lipinski definition) is 5. The zero-order valence-corrected chi connectivity index (χ0v) is 11.1. The van der Waals surface area contributed by atoms with Crippen molar-refractivity contribution in [3.63, 3.8) is 0 Å². The molecule has 1 N–H and O–H groups in total. The fraction of sp³-hybridized carbons (Fsp3) is 0.357. The van der Waals surface area contributed by atoms with Gasteiger partial charge in [0.2, 0.25) is 0 Å². The highest BCUT2D eigenvalue weighted by molar-refractivity contribution is 5.29. The number of hydrogen-bond donors (Lipinski definition) is 1. The number of aliphatic hydroxyl groups excluding tert-OH is 1. The zero-order valence-electron chi connectivity index (χ0n) is 11.1. The predicted molar refractivity (Wildman–Crippen MR) is 70.9 cm³/mol. The Morgan fingerprint density at radius 2 is 2.21 bits per heavy atom. The van der Waals surface area contributed by atoms with E-state index in [1.54, 1.807) is 37.6 Å². The molecular weight excluding hydrogens is 242 g/mol. The fourth-order valence-electron chi connectivity index (χ4n) is 1.68. The SMILES string of the molecule is CCCOc1cncc(C(O)c2ccnc(C)n2)c1. The molecule has 0 spiro atoms. The average molecular weight is 259 g/mol. The lowest BCUT2D eigenvalue weighted by molar-refractivity contribution is 0.213. The molecule has 1 atom stereocenters. The van der Waals surface area contributed by atoms with E-state index in [1.165, 1.54) is 0 Å². The molecule has 1 unspecified atom stereocenters. The van der Waals surface area contributed by atoms with Crippen molar-refractivity contribution in [2.45, 2.75) is 26.4 Å². The Hall–Kier alpha value is -2.01. The molecule has 0 amide bonds. The van der Waals surface area contributed by atoms with Crippen molar-refractivity contribution in [2.24, 2.45) is 0 Å². The van der Waals surface area contributed by atoms with Gasteiger partial charge in [0.25, 0.3) is 0 Å². The number of nitrogens with zero attached hydrogens (tertiary/aromatic N) is 3. The van der Waals surface area contributed by atoms with Gasteiger partial charge < -0.3 is 9.84 Å². The van der Waals surface area contributed by atoms with Crippen LogP contribution in [0.1, 0.15) is 36.5 Å². The first-order chi connectivity index (χ1) is 9.20. The first kappa shape index (κ1) is 13.4. The Labute approximate surface area is 112 Å². The molecule has 2 rings (SSSR count). The summed E-state index contributed by atoms with van der Waals surface area (Å²) in [6.45, 7) is 4.46. The molecule has 2 aromatic heterocycles. The lowest BCUT2D eigenvalue weighted by atomic mass is 10.1. The normalized spacial score (nSPS) is 12.2. The Bertz CT molecular complexity index is 546. The largest absolute Gasteiger partial charge is 0.492 e. The van der Waals surface area contributed by atoms with Crippen molar-refractivity contribution in [2.75, 3.05) is 6.61 Å². The van der Waals surface area contributed by atoms with E-state index in [9.17, 15) is 5.11 Å². The minimum Gasteiger partial charge on any atom is -0.492 e. The minimum absolute atomic E-state index is 0.557. The number of ether oxygens (including phenoxy) is 1. The molecule has 0 aliphatic heterocycles. The first-order valence-corrected chi connectivity index (χ1v) is 6.26. The number of aryl methyl sites for hydroxylation is 1. The molecule has 2 heterocycles. The van der Waals surface area contributed by atoms with Gasteiger partial charge in [-0.1, -0.05) is 6.92 Å². The quantitative estimate of drug-likeness (QED) is 0.890. The van der Waals surface area contributed by atoms with Crippen molar-refractivity contribution in [3.8, 4) is 5.75 Å². The Balaban J connectivity index is 2.21. The van der Waals surface area contributed by atoms with E-state index in [2.05, 4.69) is 15.0 Å². The van der Waals surface area contributed by atoms with Crippen LogP contribution in [0.5, 0.6) is 5.75 Å². The zero-order chi connectivity index (χ0) is 13.7. The van der Waals surface area contributed by atoms with Crippen molar-refractivity contribution in [3.05, 3.63) is 47.8 Å². The van der Waals surface area contributed by atoms with Crippen molar-refractivity contribution < 1.29 is 9.84 Å². The first-order valence-electron chi connectivity index (χ1n) is 6.26. The maximum absolute atomic E-state index is 10.3. The van der Waals surface area contributed by atoms with E-state index in [1.807, 2.05) is 6.92 Å². The summed E-state index contributed by atoms with van der Waals surface area (Å²) in [5.41, 5.74) is 1.22. The van der Waals surface area contributed by atoms with Crippen LogP contribution in [-0.4, -0.2) is 26.7 Å². The molecule has 2 aromatic rings. The summed E-state index contributed by atoms with van der Waals surface area (Å²) in [6, 6.07) is 3.47.